The van der Waals surface area contributed by atoms with Gasteiger partial charge >= 0.3 is 0 Å². The van der Waals surface area contributed by atoms with Gasteiger partial charge in [-0.1, -0.05) is 198 Å². The zero-order chi connectivity index (χ0) is 37.0. The zero-order valence-electron chi connectivity index (χ0n) is 32.4. The fourth-order valence-electron chi connectivity index (χ4n) is 6.18. The fraction of sp³-hybridized carbons (Fsp3) is 0.833. The van der Waals surface area contributed by atoms with E-state index in [1.54, 1.807) is 6.08 Å². The maximum Gasteiger partial charge on any atom is 0.267 e. The monoisotopic (exact) mass is 726 g/mol. The number of hydrogen-bond donors (Lipinski definition) is 4. The van der Waals surface area contributed by atoms with E-state index in [1.165, 1.54) is 128 Å². The van der Waals surface area contributed by atoms with Gasteiger partial charge in [-0.25, -0.2) is 0 Å². The maximum atomic E-state index is 12.6. The fourth-order valence-corrected chi connectivity index (χ4v) is 6.91. The minimum atomic E-state index is -4.45. The van der Waals surface area contributed by atoms with E-state index in [0.717, 1.165) is 44.9 Å². The quantitative estimate of drug-likeness (QED) is 0.0287. The van der Waals surface area contributed by atoms with Crippen molar-refractivity contribution in [3.8, 4) is 0 Å². The van der Waals surface area contributed by atoms with Crippen LogP contribution in [0, 0.1) is 0 Å². The summed E-state index contributed by atoms with van der Waals surface area (Å²) < 4.78 is 32.4. The molecule has 0 aromatic rings. The molecular formula is C42H79NO6S. The zero-order valence-corrected chi connectivity index (χ0v) is 33.2. The molecule has 0 saturated heterocycles. The summed E-state index contributed by atoms with van der Waals surface area (Å²) in [6, 6.07) is -1.25. The van der Waals surface area contributed by atoms with Gasteiger partial charge in [0.05, 0.1) is 17.9 Å². The summed E-state index contributed by atoms with van der Waals surface area (Å²) in [4.78, 5) is 12.6. The lowest BCUT2D eigenvalue weighted by atomic mass is 10.0. The van der Waals surface area contributed by atoms with Crippen LogP contribution in [0.25, 0.3) is 0 Å². The normalized spacial score (nSPS) is 14.3. The van der Waals surface area contributed by atoms with Crippen LogP contribution in [-0.2, 0) is 14.9 Å². The number of nitrogens with one attached hydrogen (secondary N) is 1. The summed E-state index contributed by atoms with van der Waals surface area (Å²) >= 11 is 0. The van der Waals surface area contributed by atoms with Gasteiger partial charge in [0.1, 0.15) is 6.10 Å². The summed E-state index contributed by atoms with van der Waals surface area (Å²) in [6.45, 7) is 4.46. The van der Waals surface area contributed by atoms with E-state index in [9.17, 15) is 28.0 Å². The largest absolute Gasteiger partial charge is 0.387 e. The van der Waals surface area contributed by atoms with Crippen molar-refractivity contribution in [2.75, 3.05) is 5.75 Å². The molecule has 294 valence electrons. The van der Waals surface area contributed by atoms with Crippen molar-refractivity contribution in [1.29, 1.82) is 0 Å². The van der Waals surface area contributed by atoms with Crippen molar-refractivity contribution < 1.29 is 28.0 Å². The molecule has 1 amide bonds. The molecule has 0 radical (unpaired) electrons. The molecule has 0 rings (SSSR count). The van der Waals surface area contributed by atoms with Crippen molar-refractivity contribution in [2.45, 2.75) is 218 Å². The first-order valence-corrected chi connectivity index (χ1v) is 22.4. The SMILES string of the molecule is CCCC/C=C/CC/C=C/CC/C=C/C(O)C(CS(=O)(=O)O)NC(=O)C(O)CCCCCCCCCCCCCCCCCCCCCCC. The molecule has 0 bridgehead atoms. The molecule has 0 fully saturated rings. The molecule has 0 spiro atoms. The third-order valence-electron chi connectivity index (χ3n) is 9.40. The highest BCUT2D eigenvalue weighted by atomic mass is 32.2. The average Bonchev–Trinajstić information content (AvgIpc) is 3.08. The van der Waals surface area contributed by atoms with Gasteiger partial charge in [0.2, 0.25) is 5.91 Å². The summed E-state index contributed by atoms with van der Waals surface area (Å²) in [6.07, 6.45) is 43.6. The molecule has 50 heavy (non-hydrogen) atoms. The molecule has 8 heteroatoms. The highest BCUT2D eigenvalue weighted by molar-refractivity contribution is 7.85. The number of carbonyl (C=O) groups is 1. The lowest BCUT2D eigenvalue weighted by molar-refractivity contribution is -0.130. The Hall–Kier alpha value is -1.48. The molecule has 0 aromatic heterocycles. The smallest absolute Gasteiger partial charge is 0.267 e. The molecule has 0 heterocycles. The van der Waals surface area contributed by atoms with Crippen LogP contribution in [0.2, 0.25) is 0 Å². The summed E-state index contributed by atoms with van der Waals surface area (Å²) in [5.41, 5.74) is 0. The average molecular weight is 726 g/mol. The van der Waals surface area contributed by atoms with Gasteiger partial charge in [0.15, 0.2) is 0 Å². The third-order valence-corrected chi connectivity index (χ3v) is 10.2. The first-order valence-electron chi connectivity index (χ1n) is 20.8. The van der Waals surface area contributed by atoms with Crippen LogP contribution < -0.4 is 5.32 Å². The molecule has 3 unspecified atom stereocenters. The first kappa shape index (κ1) is 48.5. The van der Waals surface area contributed by atoms with Crippen LogP contribution in [0.4, 0.5) is 0 Å². The van der Waals surface area contributed by atoms with Crippen LogP contribution in [0.15, 0.2) is 36.5 Å². The lowest BCUT2D eigenvalue weighted by Crippen LogP contribution is -2.50. The van der Waals surface area contributed by atoms with E-state index in [2.05, 4.69) is 43.5 Å². The van der Waals surface area contributed by atoms with Gasteiger partial charge < -0.3 is 15.5 Å². The van der Waals surface area contributed by atoms with Crippen molar-refractivity contribution in [1.82, 2.24) is 5.32 Å². The Morgan fingerprint density at radius 1 is 0.540 bits per heavy atom. The topological polar surface area (TPSA) is 124 Å². The third kappa shape index (κ3) is 34.9. The highest BCUT2D eigenvalue weighted by Crippen LogP contribution is 2.16. The minimum Gasteiger partial charge on any atom is -0.387 e. The van der Waals surface area contributed by atoms with E-state index in [-0.39, 0.29) is 6.42 Å². The maximum absolute atomic E-state index is 12.6. The van der Waals surface area contributed by atoms with Crippen LogP contribution in [0.3, 0.4) is 0 Å². The Labute approximate surface area is 309 Å². The Morgan fingerprint density at radius 2 is 0.900 bits per heavy atom. The molecule has 0 aliphatic heterocycles. The van der Waals surface area contributed by atoms with Crippen molar-refractivity contribution in [3.05, 3.63) is 36.5 Å². The Balaban J connectivity index is 3.97. The van der Waals surface area contributed by atoms with E-state index < -0.39 is 40.0 Å². The number of aliphatic hydroxyl groups is 2. The van der Waals surface area contributed by atoms with Gasteiger partial charge in [0.25, 0.3) is 10.1 Å². The van der Waals surface area contributed by atoms with Crippen LogP contribution >= 0.6 is 0 Å². The predicted octanol–water partition coefficient (Wildman–Crippen LogP) is 11.1. The van der Waals surface area contributed by atoms with E-state index >= 15 is 0 Å². The molecule has 4 N–H and O–H groups in total. The molecule has 0 aromatic carbocycles. The first-order chi connectivity index (χ1) is 24.2. The van der Waals surface area contributed by atoms with E-state index in [1.807, 2.05) is 0 Å². The van der Waals surface area contributed by atoms with Gasteiger partial charge in [0, 0.05) is 0 Å². The minimum absolute atomic E-state index is 0.274. The molecule has 7 nitrogen and oxygen atoms in total. The van der Waals surface area contributed by atoms with Crippen LogP contribution in [0.5, 0.6) is 0 Å². The Bertz CT molecular complexity index is 948. The summed E-state index contributed by atoms with van der Waals surface area (Å²) in [7, 11) is -4.45. The summed E-state index contributed by atoms with van der Waals surface area (Å²) in [5, 5.41) is 23.3. The van der Waals surface area contributed by atoms with Crippen LogP contribution in [0.1, 0.15) is 200 Å². The van der Waals surface area contributed by atoms with Crippen molar-refractivity contribution >= 4 is 16.0 Å². The Morgan fingerprint density at radius 3 is 1.30 bits per heavy atom. The highest BCUT2D eigenvalue weighted by Gasteiger charge is 2.27. The van der Waals surface area contributed by atoms with Gasteiger partial charge in [-0.3, -0.25) is 9.35 Å². The molecule has 0 aliphatic rings. The second-order valence-corrected chi connectivity index (χ2v) is 15.9. The Kier molecular flexibility index (Phi) is 34.8. The van der Waals surface area contributed by atoms with Gasteiger partial charge in [-0.15, -0.1) is 0 Å². The standard InChI is InChI=1S/C42H79NO6S/c1-3-5-7-9-11-13-15-17-18-19-20-21-22-23-24-25-27-29-31-33-35-37-41(45)42(46)43-39(38-50(47,48)49)40(44)36-34-32-30-28-26-16-14-12-10-8-6-4-2/h10,12,26,28,34,36,39-41,44-45H,3-9,11,13-25,27,29-33,35,37-38H2,1-2H3,(H,43,46)(H,47,48,49)/b12-10+,28-26+,36-34+. The number of carbonyl (C=O) groups excluding carboxylic acids is 1. The van der Waals surface area contributed by atoms with Gasteiger partial charge in [-0.05, 0) is 38.5 Å². The van der Waals surface area contributed by atoms with Crippen molar-refractivity contribution in [3.63, 3.8) is 0 Å². The number of allylic oxidation sites excluding steroid dienone is 5. The predicted molar refractivity (Wildman–Crippen MR) is 213 cm³/mol. The molecule has 3 atom stereocenters. The van der Waals surface area contributed by atoms with E-state index in [4.69, 9.17) is 0 Å². The molecular weight excluding hydrogens is 647 g/mol. The van der Waals surface area contributed by atoms with Crippen LogP contribution in [-0.4, -0.2) is 53.1 Å². The lowest BCUT2D eigenvalue weighted by Gasteiger charge is -2.22. The van der Waals surface area contributed by atoms with Crippen molar-refractivity contribution in [2.24, 2.45) is 0 Å². The number of aliphatic hydroxyl groups excluding tert-OH is 2. The van der Waals surface area contributed by atoms with E-state index in [0.29, 0.717) is 12.8 Å². The number of unbranched alkanes of at least 4 members (excludes halogenated alkanes) is 24. The molecule has 0 saturated carbocycles. The molecule has 0 aliphatic carbocycles. The number of amides is 1. The second kappa shape index (κ2) is 35.9. The summed E-state index contributed by atoms with van der Waals surface area (Å²) in [5.74, 6) is -1.56. The number of rotatable bonds is 37. The second-order valence-electron chi connectivity index (χ2n) is 14.4. The van der Waals surface area contributed by atoms with Gasteiger partial charge in [-0.2, -0.15) is 8.42 Å². The number of hydrogen-bond acceptors (Lipinski definition) is 5.